The Morgan fingerprint density at radius 2 is 2.10 bits per heavy atom. The molecule has 4 atom stereocenters. The lowest BCUT2D eigenvalue weighted by Crippen LogP contribution is -2.32. The molecule has 2 saturated carbocycles. The van der Waals surface area contributed by atoms with Crippen LogP contribution < -0.4 is 5.48 Å². The summed E-state index contributed by atoms with van der Waals surface area (Å²) in [6, 6.07) is 0. The number of fused-ring (bicyclic) bond motifs is 1. The minimum Gasteiger partial charge on any atom is -0.481 e. The Bertz CT molecular complexity index is 471. The van der Waals surface area contributed by atoms with Crippen molar-refractivity contribution in [2.75, 3.05) is 6.61 Å². The van der Waals surface area contributed by atoms with Crippen molar-refractivity contribution in [2.24, 2.45) is 23.7 Å². The predicted molar refractivity (Wildman–Crippen MR) is 66.7 cm³/mol. The number of carboxylic acids is 1. The zero-order chi connectivity index (χ0) is 15.6. The van der Waals surface area contributed by atoms with E-state index in [0.717, 1.165) is 6.42 Å². The van der Waals surface area contributed by atoms with Crippen LogP contribution in [0.3, 0.4) is 0 Å². The summed E-state index contributed by atoms with van der Waals surface area (Å²) < 4.78 is 4.72. The maximum Gasteiger partial charge on any atom is 0.440 e. The number of aliphatic carboxylic acids is 1. The first kappa shape index (κ1) is 15.3. The second-order valence-electron chi connectivity index (χ2n) is 5.26. The van der Waals surface area contributed by atoms with Crippen LogP contribution in [0.25, 0.3) is 0 Å². The van der Waals surface area contributed by atoms with Crippen molar-refractivity contribution in [1.82, 2.24) is 5.48 Å². The summed E-state index contributed by atoms with van der Waals surface area (Å²) >= 11 is 0. The van der Waals surface area contributed by atoms with Crippen LogP contribution in [-0.2, 0) is 24.0 Å². The molecule has 1 amide bonds. The highest BCUT2D eigenvalue weighted by atomic mass is 16.7. The van der Waals surface area contributed by atoms with E-state index in [-0.39, 0.29) is 18.8 Å². The van der Waals surface area contributed by atoms with Crippen LogP contribution in [0.15, 0.2) is 0 Å². The molecule has 2 aliphatic rings. The largest absolute Gasteiger partial charge is 0.481 e. The van der Waals surface area contributed by atoms with E-state index in [9.17, 15) is 19.2 Å². The maximum atomic E-state index is 11.8. The van der Waals surface area contributed by atoms with Crippen molar-refractivity contribution >= 4 is 23.8 Å². The fraction of sp³-hybridized carbons (Fsp3) is 0.692. The molecule has 0 spiro atoms. The molecule has 2 fully saturated rings. The summed E-state index contributed by atoms with van der Waals surface area (Å²) in [6.45, 7) is 2.15. The van der Waals surface area contributed by atoms with E-state index >= 15 is 0 Å². The Morgan fingerprint density at radius 1 is 1.38 bits per heavy atom. The Hall–Kier alpha value is -2.12. The lowest BCUT2D eigenvalue weighted by Gasteiger charge is -2.12. The van der Waals surface area contributed by atoms with Gasteiger partial charge in [-0.2, -0.15) is 0 Å². The number of Topliss-reactive ketones (excluding diaryl/α,β-unsaturated/α-hetero) is 1. The first-order chi connectivity index (χ1) is 9.97. The van der Waals surface area contributed by atoms with Crippen molar-refractivity contribution in [2.45, 2.75) is 26.2 Å². The molecule has 0 heterocycles. The fourth-order valence-electron chi connectivity index (χ4n) is 2.80. The molecular formula is C13H17NO7. The van der Waals surface area contributed by atoms with Gasteiger partial charge < -0.3 is 14.7 Å². The number of carbonyl (C=O) groups is 4. The van der Waals surface area contributed by atoms with Crippen molar-refractivity contribution in [3.8, 4) is 0 Å². The Balaban J connectivity index is 1.78. The van der Waals surface area contributed by atoms with Gasteiger partial charge in [0, 0.05) is 12.3 Å². The number of hydrogen-bond donors (Lipinski definition) is 2. The van der Waals surface area contributed by atoms with Crippen LogP contribution in [0.1, 0.15) is 26.2 Å². The third-order valence-corrected chi connectivity index (χ3v) is 3.89. The summed E-state index contributed by atoms with van der Waals surface area (Å²) in [5.41, 5.74) is 1.85. The minimum absolute atomic E-state index is 0.0372. The van der Waals surface area contributed by atoms with Crippen LogP contribution in [0.2, 0.25) is 0 Å². The number of amides is 1. The Kier molecular flexibility index (Phi) is 4.44. The molecule has 2 rings (SSSR count). The minimum atomic E-state index is -1.08. The van der Waals surface area contributed by atoms with Gasteiger partial charge >= 0.3 is 18.0 Å². The number of carboxylic acid groups (broad SMARTS) is 1. The first-order valence-corrected chi connectivity index (χ1v) is 6.86. The fourth-order valence-corrected chi connectivity index (χ4v) is 2.80. The molecule has 2 aliphatic carbocycles. The molecule has 2 N–H and O–H groups in total. The van der Waals surface area contributed by atoms with Crippen molar-refractivity contribution in [3.05, 3.63) is 0 Å². The molecule has 0 bridgehead atoms. The molecule has 4 unspecified atom stereocenters. The van der Waals surface area contributed by atoms with Gasteiger partial charge in [0.1, 0.15) is 5.78 Å². The van der Waals surface area contributed by atoms with Crippen molar-refractivity contribution in [1.29, 1.82) is 0 Å². The smallest absolute Gasteiger partial charge is 0.440 e. The number of rotatable bonds is 5. The zero-order valence-corrected chi connectivity index (χ0v) is 11.5. The summed E-state index contributed by atoms with van der Waals surface area (Å²) in [5, 5.41) is 8.92. The van der Waals surface area contributed by atoms with Crippen molar-refractivity contribution < 1.29 is 33.9 Å². The highest BCUT2D eigenvalue weighted by molar-refractivity contribution is 5.99. The van der Waals surface area contributed by atoms with Gasteiger partial charge in [0.2, 0.25) is 0 Å². The van der Waals surface area contributed by atoms with Gasteiger partial charge in [-0.15, -0.1) is 5.48 Å². The van der Waals surface area contributed by atoms with Crippen LogP contribution >= 0.6 is 0 Å². The third kappa shape index (κ3) is 3.14. The highest BCUT2D eigenvalue weighted by Gasteiger charge is 2.68. The lowest BCUT2D eigenvalue weighted by atomic mass is 10.00. The SMILES string of the molecule is CCCCOC(=O)NOC(=O)C1CC(=O)C2C(C(=O)O)C12. The molecule has 0 aromatic heterocycles. The van der Waals surface area contributed by atoms with Crippen LogP contribution in [0.4, 0.5) is 4.79 Å². The normalized spacial score (nSPS) is 29.5. The zero-order valence-electron chi connectivity index (χ0n) is 11.5. The molecule has 116 valence electrons. The van der Waals surface area contributed by atoms with Gasteiger partial charge in [-0.05, 0) is 12.3 Å². The topological polar surface area (TPSA) is 119 Å². The average molecular weight is 299 g/mol. The number of hydroxylamine groups is 1. The summed E-state index contributed by atoms with van der Waals surface area (Å²) in [7, 11) is 0. The summed E-state index contributed by atoms with van der Waals surface area (Å²) in [6.07, 6.45) is 0.632. The van der Waals surface area contributed by atoms with Crippen LogP contribution in [0.5, 0.6) is 0 Å². The predicted octanol–water partition coefficient (Wildman–Crippen LogP) is 0.507. The van der Waals surface area contributed by atoms with E-state index in [1.54, 1.807) is 0 Å². The molecule has 8 nitrogen and oxygen atoms in total. The van der Waals surface area contributed by atoms with E-state index in [1.165, 1.54) is 0 Å². The number of nitrogens with one attached hydrogen (secondary N) is 1. The molecular weight excluding hydrogens is 282 g/mol. The number of unbranched alkanes of at least 4 members (excludes halogenated alkanes) is 1. The maximum absolute atomic E-state index is 11.8. The lowest BCUT2D eigenvalue weighted by molar-refractivity contribution is -0.156. The van der Waals surface area contributed by atoms with Gasteiger partial charge in [0.15, 0.2) is 0 Å². The number of ether oxygens (including phenoxy) is 1. The van der Waals surface area contributed by atoms with E-state index in [0.29, 0.717) is 6.42 Å². The number of ketones is 1. The monoisotopic (exact) mass is 299 g/mol. The molecule has 0 aromatic carbocycles. The van der Waals surface area contributed by atoms with Gasteiger partial charge in [-0.3, -0.25) is 9.59 Å². The standard InChI is InChI=1S/C13H17NO7/c1-2-3-4-20-13(19)14-21-12(18)6-5-7(15)9-8(6)10(9)11(16)17/h6,8-10H,2-5H2,1H3,(H,14,19)(H,16,17). The molecule has 8 heteroatoms. The average Bonchev–Trinajstić information content (AvgIpc) is 3.09. The van der Waals surface area contributed by atoms with E-state index in [1.807, 2.05) is 12.4 Å². The quantitative estimate of drug-likeness (QED) is 0.560. The van der Waals surface area contributed by atoms with E-state index in [2.05, 4.69) is 4.84 Å². The summed E-state index contributed by atoms with van der Waals surface area (Å²) in [5.74, 6) is -4.83. The molecule has 0 aromatic rings. The molecule has 0 saturated heterocycles. The second kappa shape index (κ2) is 6.11. The molecule has 0 aliphatic heterocycles. The summed E-state index contributed by atoms with van der Waals surface area (Å²) in [4.78, 5) is 50.1. The van der Waals surface area contributed by atoms with E-state index in [4.69, 9.17) is 9.84 Å². The van der Waals surface area contributed by atoms with Crippen LogP contribution in [-0.4, -0.2) is 35.5 Å². The third-order valence-electron chi connectivity index (χ3n) is 3.89. The number of carbonyl (C=O) groups excluding carboxylic acids is 3. The van der Waals surface area contributed by atoms with Crippen molar-refractivity contribution in [3.63, 3.8) is 0 Å². The highest BCUT2D eigenvalue weighted by Crippen LogP contribution is 2.58. The van der Waals surface area contributed by atoms with Gasteiger partial charge in [-0.25, -0.2) is 9.59 Å². The van der Waals surface area contributed by atoms with E-state index < -0.39 is 41.7 Å². The molecule has 21 heavy (non-hydrogen) atoms. The molecule has 0 radical (unpaired) electrons. The first-order valence-electron chi connectivity index (χ1n) is 6.86. The van der Waals surface area contributed by atoms with Gasteiger partial charge in [0.05, 0.1) is 18.4 Å². The Morgan fingerprint density at radius 3 is 2.67 bits per heavy atom. The van der Waals surface area contributed by atoms with Gasteiger partial charge in [0.25, 0.3) is 0 Å². The Labute approximate surface area is 120 Å². The van der Waals surface area contributed by atoms with Gasteiger partial charge in [-0.1, -0.05) is 13.3 Å². The van der Waals surface area contributed by atoms with Crippen LogP contribution in [0, 0.1) is 23.7 Å². The second-order valence-corrected chi connectivity index (χ2v) is 5.26. The number of hydrogen-bond acceptors (Lipinski definition) is 6.